The summed E-state index contributed by atoms with van der Waals surface area (Å²) in [7, 11) is 4.88. The molecule has 0 N–H and O–H groups in total. The normalized spacial score (nSPS) is 12.8. The highest BCUT2D eigenvalue weighted by Gasteiger charge is 2.37. The maximum atomic E-state index is 5.37. The van der Waals surface area contributed by atoms with E-state index in [-0.39, 0.29) is 0 Å². The van der Waals surface area contributed by atoms with Crippen molar-refractivity contribution in [2.75, 3.05) is 68.8 Å². The van der Waals surface area contributed by atoms with Crippen LogP contribution < -0.4 is 10.6 Å². The van der Waals surface area contributed by atoms with Gasteiger partial charge in [0.2, 0.25) is 0 Å². The van der Waals surface area contributed by atoms with Crippen molar-refractivity contribution in [2.45, 2.75) is 24.9 Å². The maximum Gasteiger partial charge on any atom is 0.500 e. The summed E-state index contributed by atoms with van der Waals surface area (Å²) in [6.45, 7) is 3.02. The molecule has 0 fully saturated rings. The predicted octanol–water partition coefficient (Wildman–Crippen LogP) is 0.732. The van der Waals surface area contributed by atoms with Crippen LogP contribution in [0, 0.1) is 0 Å². The van der Waals surface area contributed by atoms with Gasteiger partial charge in [0, 0.05) is 80.9 Å². The molecule has 10 heteroatoms. The Morgan fingerprint density at radius 2 is 0.792 bits per heavy atom. The molecule has 0 saturated heterocycles. The molecule has 0 aliphatic rings. The van der Waals surface area contributed by atoms with Crippen LogP contribution in [-0.2, 0) is 26.6 Å². The first-order chi connectivity index (χ1) is 11.6. The van der Waals surface area contributed by atoms with E-state index in [1.165, 1.54) is 0 Å². The Morgan fingerprint density at radius 1 is 0.500 bits per heavy atom. The van der Waals surface area contributed by atoms with E-state index in [1.807, 2.05) is 0 Å². The molecule has 0 amide bonds. The lowest BCUT2D eigenvalue weighted by atomic mass is 10.4. The van der Waals surface area contributed by atoms with Crippen LogP contribution >= 0.6 is 0 Å². The molecule has 2 radical (unpaired) electrons. The van der Waals surface area contributed by atoms with Gasteiger partial charge in [-0.05, 0) is 12.8 Å². The second-order valence-electron chi connectivity index (χ2n) is 5.14. The van der Waals surface area contributed by atoms with E-state index >= 15 is 0 Å². The zero-order valence-corrected chi connectivity index (χ0v) is 18.0. The van der Waals surface area contributed by atoms with Gasteiger partial charge in [-0.25, -0.2) is 10.6 Å². The second kappa shape index (κ2) is 14.3. The summed E-state index contributed by atoms with van der Waals surface area (Å²) in [6.07, 6.45) is 1.79. The van der Waals surface area contributed by atoms with Crippen LogP contribution in [0.1, 0.15) is 12.8 Å². The number of hydrogen-bond donors (Lipinski definition) is 0. The van der Waals surface area contributed by atoms with E-state index in [1.54, 1.807) is 42.7 Å². The van der Waals surface area contributed by atoms with Crippen LogP contribution in [0.2, 0.25) is 12.1 Å². The fraction of sp³-hybridized carbons (Fsp3) is 1.00. The second-order valence-corrected chi connectivity index (χ2v) is 11.3. The van der Waals surface area contributed by atoms with Crippen LogP contribution in [0.4, 0.5) is 0 Å². The predicted molar refractivity (Wildman–Crippen MR) is 96.1 cm³/mol. The molecule has 0 spiro atoms. The van der Waals surface area contributed by atoms with Gasteiger partial charge in [0.1, 0.15) is 0 Å². The van der Waals surface area contributed by atoms with Crippen LogP contribution in [0.5, 0.6) is 0 Å². The first-order valence-corrected chi connectivity index (χ1v) is 12.0. The highest BCUT2D eigenvalue weighted by Crippen LogP contribution is 2.15. The van der Waals surface area contributed by atoms with Gasteiger partial charge in [-0.15, -0.1) is 0 Å². The fourth-order valence-corrected chi connectivity index (χ4v) is 5.70. The smallest absolute Gasteiger partial charge is 0.377 e. The minimum atomic E-state index is -2.45. The largest absolute Gasteiger partial charge is 0.500 e. The molecule has 0 bridgehead atoms. The molecule has 0 saturated carbocycles. The van der Waals surface area contributed by atoms with Crippen molar-refractivity contribution in [1.29, 1.82) is 0 Å². The Hall–Kier alpha value is 0.114. The third kappa shape index (κ3) is 8.99. The van der Waals surface area contributed by atoms with Crippen molar-refractivity contribution in [2.24, 2.45) is 0 Å². The highest BCUT2D eigenvalue weighted by atomic mass is 28.4. The average Bonchev–Trinajstić information content (AvgIpc) is 2.64. The Morgan fingerprint density at radius 3 is 1.04 bits per heavy atom. The molecule has 0 aromatic rings. The van der Waals surface area contributed by atoms with Crippen LogP contribution in [-0.4, -0.2) is 86.4 Å². The zero-order valence-electron chi connectivity index (χ0n) is 16.0. The van der Waals surface area contributed by atoms with Crippen molar-refractivity contribution in [1.82, 2.24) is 10.6 Å². The van der Waals surface area contributed by atoms with Gasteiger partial charge in [-0.3, -0.25) is 0 Å². The van der Waals surface area contributed by atoms with Crippen LogP contribution in [0.15, 0.2) is 0 Å². The molecule has 0 atom stereocenters. The van der Waals surface area contributed by atoms with Crippen LogP contribution in [0.3, 0.4) is 0 Å². The molecule has 0 aromatic carbocycles. The van der Waals surface area contributed by atoms with Crippen molar-refractivity contribution in [3.8, 4) is 0 Å². The Labute approximate surface area is 149 Å². The zero-order chi connectivity index (χ0) is 18.3. The number of hydrogen-bond acceptors (Lipinski definition) is 6. The Bertz CT molecular complexity index is 250. The van der Waals surface area contributed by atoms with Gasteiger partial charge < -0.3 is 26.6 Å². The highest BCUT2D eigenvalue weighted by molar-refractivity contribution is 6.60. The summed E-state index contributed by atoms with van der Waals surface area (Å²) in [5.74, 6) is 0. The average molecular weight is 383 g/mol. The lowest BCUT2D eigenvalue weighted by Crippen LogP contribution is -2.43. The van der Waals surface area contributed by atoms with Gasteiger partial charge in [-0.1, -0.05) is 0 Å². The third-order valence-corrected chi connectivity index (χ3v) is 9.54. The summed E-state index contributed by atoms with van der Waals surface area (Å²) in [6, 6.07) is 1.55. The first kappa shape index (κ1) is 24.1. The van der Waals surface area contributed by atoms with E-state index < -0.39 is 17.6 Å². The van der Waals surface area contributed by atoms with Gasteiger partial charge in [0.05, 0.1) is 0 Å². The molecule has 8 nitrogen and oxygen atoms in total. The number of rotatable bonds is 17. The Balaban J connectivity index is 3.58. The van der Waals surface area contributed by atoms with E-state index in [2.05, 4.69) is 10.6 Å². The molecule has 144 valence electrons. The van der Waals surface area contributed by atoms with E-state index in [9.17, 15) is 0 Å². The third-order valence-electron chi connectivity index (χ3n) is 3.88. The van der Waals surface area contributed by atoms with Crippen molar-refractivity contribution >= 4 is 17.6 Å². The molecule has 0 unspecified atom stereocenters. The maximum absolute atomic E-state index is 5.37. The van der Waals surface area contributed by atoms with E-state index in [0.717, 1.165) is 51.1 Å². The standard InChI is InChI=1S/C14H34N2O6Si2/c1-17-23(18-2,19-3)13-7-9-15-11-12-16-10-8-14-24(20-4,21-5)22-6/h7-14H2,1-6H3. The number of nitrogens with zero attached hydrogens (tertiary/aromatic N) is 2. The molecule has 24 heavy (non-hydrogen) atoms. The summed E-state index contributed by atoms with van der Waals surface area (Å²) in [5, 5.41) is 8.94. The molecule has 0 rings (SSSR count). The van der Waals surface area contributed by atoms with Crippen molar-refractivity contribution in [3.63, 3.8) is 0 Å². The van der Waals surface area contributed by atoms with Gasteiger partial charge >= 0.3 is 17.6 Å². The van der Waals surface area contributed by atoms with Gasteiger partial charge in [0.25, 0.3) is 0 Å². The summed E-state index contributed by atoms with van der Waals surface area (Å²) in [4.78, 5) is 0. The van der Waals surface area contributed by atoms with E-state index in [0.29, 0.717) is 0 Å². The van der Waals surface area contributed by atoms with Gasteiger partial charge in [0.15, 0.2) is 0 Å². The lowest BCUT2D eigenvalue weighted by molar-refractivity contribution is 0.122. The van der Waals surface area contributed by atoms with E-state index in [4.69, 9.17) is 26.6 Å². The molecule has 0 heterocycles. The van der Waals surface area contributed by atoms with Crippen molar-refractivity contribution < 1.29 is 26.6 Å². The minimum Gasteiger partial charge on any atom is -0.377 e. The topological polar surface area (TPSA) is 83.6 Å². The molecule has 0 aromatic heterocycles. The monoisotopic (exact) mass is 382 g/mol. The molecular formula is C14H34N2O6Si2. The first-order valence-electron chi connectivity index (χ1n) is 8.15. The summed E-state index contributed by atoms with van der Waals surface area (Å²) in [5.41, 5.74) is 0. The van der Waals surface area contributed by atoms with Gasteiger partial charge in [-0.2, -0.15) is 0 Å². The summed E-state index contributed by atoms with van der Waals surface area (Å²) >= 11 is 0. The van der Waals surface area contributed by atoms with Crippen LogP contribution in [0.25, 0.3) is 0 Å². The SMILES string of the molecule is CO[Si](CCC[N]CC[N]CCC[Si](OC)(OC)OC)(OC)OC. The molecule has 0 aliphatic carbocycles. The quantitative estimate of drug-likeness (QED) is 0.272. The summed E-state index contributed by atoms with van der Waals surface area (Å²) < 4.78 is 32.2. The molecule has 0 aliphatic heterocycles. The lowest BCUT2D eigenvalue weighted by Gasteiger charge is -2.24. The Kier molecular flexibility index (Phi) is 14.4. The fourth-order valence-electron chi connectivity index (χ4n) is 2.29. The van der Waals surface area contributed by atoms with Crippen molar-refractivity contribution in [3.05, 3.63) is 0 Å². The molecular weight excluding hydrogens is 348 g/mol. The minimum absolute atomic E-state index is 0.739.